The van der Waals surface area contributed by atoms with Crippen molar-refractivity contribution in [2.75, 3.05) is 13.1 Å². The standard InChI is InChI=1S/C23H21ClN4S/c1-15-10-17(13-20(24)11-15)16-4-2-5-18(12-16)23(19-6-9-29-14-19)21-26-7-3-8-28(21)22(25)27-23/h2,4-6,9-14H,3,7-8H2,1H3,(H2,25,27). The number of fused-ring (bicyclic) bond motifs is 1. The van der Waals surface area contributed by atoms with E-state index in [1.165, 1.54) is 0 Å². The molecule has 2 aromatic carbocycles. The topological polar surface area (TPSA) is 54.0 Å². The van der Waals surface area contributed by atoms with Gasteiger partial charge in [0.15, 0.2) is 11.5 Å². The number of amidine groups is 1. The molecule has 1 atom stereocenters. The molecule has 0 spiro atoms. The average molecular weight is 421 g/mol. The van der Waals surface area contributed by atoms with Gasteiger partial charge in [0.25, 0.3) is 0 Å². The second kappa shape index (κ2) is 7.01. The van der Waals surface area contributed by atoms with Gasteiger partial charge < -0.3 is 5.73 Å². The third-order valence-corrected chi connectivity index (χ3v) is 6.44. The van der Waals surface area contributed by atoms with Crippen molar-refractivity contribution in [1.29, 1.82) is 0 Å². The molecule has 4 nitrogen and oxygen atoms in total. The first kappa shape index (κ1) is 18.4. The Morgan fingerprint density at radius 2 is 2.00 bits per heavy atom. The minimum atomic E-state index is -0.700. The first-order chi connectivity index (χ1) is 14.1. The molecule has 6 heteroatoms. The molecule has 0 saturated heterocycles. The Hall–Kier alpha value is -2.63. The number of rotatable bonds is 3. The monoisotopic (exact) mass is 420 g/mol. The zero-order valence-corrected chi connectivity index (χ0v) is 17.7. The molecule has 3 heterocycles. The summed E-state index contributed by atoms with van der Waals surface area (Å²) in [4.78, 5) is 12.0. The molecule has 3 aromatic rings. The SMILES string of the molecule is Cc1cc(Cl)cc(-c2cccc(C3(c4ccsc4)N=C(N)N4CCCN=C43)c2)c1. The van der Waals surface area contributed by atoms with Crippen LogP contribution in [-0.4, -0.2) is 29.8 Å². The summed E-state index contributed by atoms with van der Waals surface area (Å²) in [7, 11) is 0. The maximum absolute atomic E-state index is 6.38. The number of nitrogens with two attached hydrogens (primary N) is 1. The van der Waals surface area contributed by atoms with Gasteiger partial charge in [-0.1, -0.05) is 35.9 Å². The van der Waals surface area contributed by atoms with Crippen LogP contribution in [0.2, 0.25) is 5.02 Å². The Bertz CT molecular complexity index is 1120. The van der Waals surface area contributed by atoms with E-state index >= 15 is 0 Å². The van der Waals surface area contributed by atoms with E-state index in [0.717, 1.165) is 58.2 Å². The van der Waals surface area contributed by atoms with E-state index in [4.69, 9.17) is 27.3 Å². The number of aliphatic imine (C=N–C) groups is 2. The van der Waals surface area contributed by atoms with E-state index in [1.54, 1.807) is 11.3 Å². The molecule has 1 aromatic heterocycles. The van der Waals surface area contributed by atoms with E-state index in [2.05, 4.69) is 59.0 Å². The molecule has 0 amide bonds. The van der Waals surface area contributed by atoms with Gasteiger partial charge >= 0.3 is 0 Å². The van der Waals surface area contributed by atoms with Gasteiger partial charge in [0.2, 0.25) is 0 Å². The number of hydrogen-bond donors (Lipinski definition) is 1. The highest BCUT2D eigenvalue weighted by Crippen LogP contribution is 2.43. The molecule has 1 unspecified atom stereocenters. The van der Waals surface area contributed by atoms with Crippen LogP contribution < -0.4 is 5.73 Å². The van der Waals surface area contributed by atoms with Crippen LogP contribution in [0, 0.1) is 6.92 Å². The van der Waals surface area contributed by atoms with E-state index < -0.39 is 5.54 Å². The van der Waals surface area contributed by atoms with Gasteiger partial charge in [-0.15, -0.1) is 0 Å². The van der Waals surface area contributed by atoms with Gasteiger partial charge in [-0.25, -0.2) is 4.99 Å². The van der Waals surface area contributed by atoms with Crippen LogP contribution in [0.4, 0.5) is 0 Å². The number of nitrogens with zero attached hydrogens (tertiary/aromatic N) is 3. The van der Waals surface area contributed by atoms with Crippen LogP contribution in [0.5, 0.6) is 0 Å². The minimum absolute atomic E-state index is 0.540. The molecule has 2 N–H and O–H groups in total. The molecule has 2 aliphatic rings. The summed E-state index contributed by atoms with van der Waals surface area (Å²) in [6, 6.07) is 16.7. The Morgan fingerprint density at radius 3 is 2.79 bits per heavy atom. The average Bonchev–Trinajstić information content (AvgIpc) is 3.35. The molecule has 0 fully saturated rings. The number of benzene rings is 2. The summed E-state index contributed by atoms with van der Waals surface area (Å²) in [5.74, 6) is 1.47. The summed E-state index contributed by atoms with van der Waals surface area (Å²) in [6.45, 7) is 3.71. The first-order valence-electron chi connectivity index (χ1n) is 9.66. The van der Waals surface area contributed by atoms with E-state index in [-0.39, 0.29) is 0 Å². The summed E-state index contributed by atoms with van der Waals surface area (Å²) >= 11 is 7.99. The minimum Gasteiger partial charge on any atom is -0.369 e. The normalized spacial score (nSPS) is 21.0. The Morgan fingerprint density at radius 1 is 1.10 bits per heavy atom. The van der Waals surface area contributed by atoms with Crippen LogP contribution in [0.1, 0.15) is 23.1 Å². The maximum Gasteiger partial charge on any atom is 0.198 e. The van der Waals surface area contributed by atoms with Gasteiger partial charge in [0.05, 0.1) is 0 Å². The highest BCUT2D eigenvalue weighted by molar-refractivity contribution is 7.08. The fraction of sp³-hybridized carbons (Fsp3) is 0.217. The van der Waals surface area contributed by atoms with Crippen LogP contribution in [0.15, 0.2) is 69.3 Å². The van der Waals surface area contributed by atoms with Gasteiger partial charge in [0.1, 0.15) is 5.84 Å². The summed E-state index contributed by atoms with van der Waals surface area (Å²) in [6.07, 6.45) is 0.987. The fourth-order valence-electron chi connectivity index (χ4n) is 4.27. The molecule has 146 valence electrons. The molecule has 0 bridgehead atoms. The lowest BCUT2D eigenvalue weighted by Gasteiger charge is -2.32. The lowest BCUT2D eigenvalue weighted by atomic mass is 9.82. The van der Waals surface area contributed by atoms with Gasteiger partial charge in [0, 0.05) is 23.7 Å². The van der Waals surface area contributed by atoms with Crippen molar-refractivity contribution in [3.05, 3.63) is 81.0 Å². The summed E-state index contributed by atoms with van der Waals surface area (Å²) in [5, 5.41) is 4.97. The second-order valence-corrected chi connectivity index (χ2v) is 8.72. The van der Waals surface area contributed by atoms with Crippen molar-refractivity contribution in [3.8, 4) is 11.1 Å². The third-order valence-electron chi connectivity index (χ3n) is 5.53. The van der Waals surface area contributed by atoms with Crippen LogP contribution in [0.25, 0.3) is 11.1 Å². The number of guanidine groups is 1. The number of aryl methyl sites for hydroxylation is 1. The molecular weight excluding hydrogens is 400 g/mol. The third kappa shape index (κ3) is 2.96. The molecule has 2 aliphatic heterocycles. The Labute approximate surface area is 179 Å². The van der Waals surface area contributed by atoms with Crippen molar-refractivity contribution < 1.29 is 0 Å². The molecule has 29 heavy (non-hydrogen) atoms. The quantitative estimate of drug-likeness (QED) is 0.644. The van der Waals surface area contributed by atoms with Crippen molar-refractivity contribution in [3.63, 3.8) is 0 Å². The molecule has 0 saturated carbocycles. The van der Waals surface area contributed by atoms with Crippen molar-refractivity contribution in [2.45, 2.75) is 18.9 Å². The van der Waals surface area contributed by atoms with Crippen LogP contribution in [-0.2, 0) is 5.54 Å². The Balaban J connectivity index is 1.72. The smallest absolute Gasteiger partial charge is 0.198 e. The van der Waals surface area contributed by atoms with Crippen molar-refractivity contribution in [2.24, 2.45) is 15.7 Å². The molecule has 5 rings (SSSR count). The van der Waals surface area contributed by atoms with Gasteiger partial charge in [-0.2, -0.15) is 11.3 Å². The maximum atomic E-state index is 6.38. The summed E-state index contributed by atoms with van der Waals surface area (Å²) < 4.78 is 0. The van der Waals surface area contributed by atoms with Crippen molar-refractivity contribution in [1.82, 2.24) is 4.90 Å². The zero-order valence-electron chi connectivity index (χ0n) is 16.1. The molecular formula is C23H21ClN4S. The highest BCUT2D eigenvalue weighted by Gasteiger charge is 2.49. The predicted octanol–water partition coefficient (Wildman–Crippen LogP) is 5.05. The number of halogens is 1. The fourth-order valence-corrected chi connectivity index (χ4v) is 5.26. The van der Waals surface area contributed by atoms with Crippen LogP contribution in [0.3, 0.4) is 0 Å². The number of hydrogen-bond acceptors (Lipinski definition) is 5. The van der Waals surface area contributed by atoms with E-state index in [0.29, 0.717) is 5.96 Å². The van der Waals surface area contributed by atoms with E-state index in [9.17, 15) is 0 Å². The largest absolute Gasteiger partial charge is 0.369 e. The summed E-state index contributed by atoms with van der Waals surface area (Å²) in [5.41, 5.74) is 11.2. The highest BCUT2D eigenvalue weighted by atomic mass is 35.5. The number of thiophene rings is 1. The van der Waals surface area contributed by atoms with Crippen molar-refractivity contribution >= 4 is 34.7 Å². The Kier molecular flexibility index (Phi) is 4.45. The second-order valence-electron chi connectivity index (χ2n) is 7.50. The van der Waals surface area contributed by atoms with E-state index in [1.807, 2.05) is 12.1 Å². The predicted molar refractivity (Wildman–Crippen MR) is 122 cm³/mol. The van der Waals surface area contributed by atoms with Gasteiger partial charge in [-0.3, -0.25) is 9.89 Å². The lowest BCUT2D eigenvalue weighted by Crippen LogP contribution is -2.46. The molecule has 0 radical (unpaired) electrons. The molecule has 0 aliphatic carbocycles. The van der Waals surface area contributed by atoms with Gasteiger partial charge in [-0.05, 0) is 70.6 Å². The van der Waals surface area contributed by atoms with Crippen LogP contribution >= 0.6 is 22.9 Å². The lowest BCUT2D eigenvalue weighted by molar-refractivity contribution is 0.531. The zero-order chi connectivity index (χ0) is 20.0. The first-order valence-corrected chi connectivity index (χ1v) is 11.0.